The lowest BCUT2D eigenvalue weighted by Crippen LogP contribution is -2.31. The minimum Gasteiger partial charge on any atom is -0.341 e. The minimum absolute atomic E-state index is 0.201. The van der Waals surface area contributed by atoms with E-state index in [2.05, 4.69) is 21.7 Å². The van der Waals surface area contributed by atoms with Crippen molar-refractivity contribution >= 4 is 17.7 Å². The first-order valence-corrected chi connectivity index (χ1v) is 10.1. The molecule has 2 aromatic rings. The first-order valence-electron chi connectivity index (χ1n) is 9.21. The highest BCUT2D eigenvalue weighted by Gasteiger charge is 2.33. The van der Waals surface area contributed by atoms with E-state index in [-0.39, 0.29) is 11.2 Å². The average molecular weight is 356 g/mol. The molecule has 1 saturated heterocycles. The standard InChI is InChI=1S/C19H24N4OS/c1-2-23-17(15-10-11-15)20-21-19(23)25-16(14-8-4-3-5-9-14)18(24)22-12-6-7-13-22/h3-5,8-9,15-16H,2,6-7,10-13H2,1H3. The van der Waals surface area contributed by atoms with Gasteiger partial charge in [0.15, 0.2) is 5.16 Å². The molecule has 5 nitrogen and oxygen atoms in total. The number of likely N-dealkylation sites (tertiary alicyclic amines) is 1. The number of hydrogen-bond donors (Lipinski definition) is 0. The highest BCUT2D eigenvalue weighted by Crippen LogP contribution is 2.42. The topological polar surface area (TPSA) is 51.0 Å². The van der Waals surface area contributed by atoms with Crippen LogP contribution in [0.4, 0.5) is 0 Å². The fraction of sp³-hybridized carbons (Fsp3) is 0.526. The van der Waals surface area contributed by atoms with Gasteiger partial charge in [-0.25, -0.2) is 0 Å². The molecule has 0 radical (unpaired) electrons. The summed E-state index contributed by atoms with van der Waals surface area (Å²) in [6.07, 6.45) is 4.62. The second kappa shape index (κ2) is 7.20. The van der Waals surface area contributed by atoms with E-state index in [1.807, 2.05) is 35.2 Å². The van der Waals surface area contributed by atoms with Crippen molar-refractivity contribution in [2.45, 2.75) is 55.5 Å². The molecule has 0 bridgehead atoms. The van der Waals surface area contributed by atoms with E-state index in [0.29, 0.717) is 5.92 Å². The van der Waals surface area contributed by atoms with Crippen molar-refractivity contribution in [3.8, 4) is 0 Å². The van der Waals surface area contributed by atoms with Gasteiger partial charge in [0.2, 0.25) is 5.91 Å². The summed E-state index contributed by atoms with van der Waals surface area (Å²) < 4.78 is 2.19. The number of amides is 1. The number of rotatable bonds is 6. The largest absolute Gasteiger partial charge is 0.341 e. The van der Waals surface area contributed by atoms with Crippen molar-refractivity contribution in [2.24, 2.45) is 0 Å². The molecule has 1 atom stereocenters. The van der Waals surface area contributed by atoms with Gasteiger partial charge in [-0.05, 0) is 38.2 Å². The van der Waals surface area contributed by atoms with Crippen LogP contribution >= 0.6 is 11.8 Å². The van der Waals surface area contributed by atoms with Crippen molar-refractivity contribution in [3.63, 3.8) is 0 Å². The van der Waals surface area contributed by atoms with Gasteiger partial charge in [0, 0.05) is 25.6 Å². The Morgan fingerprint density at radius 2 is 1.92 bits per heavy atom. The third kappa shape index (κ3) is 3.45. The Morgan fingerprint density at radius 3 is 2.56 bits per heavy atom. The van der Waals surface area contributed by atoms with Gasteiger partial charge in [-0.3, -0.25) is 4.79 Å². The molecule has 25 heavy (non-hydrogen) atoms. The lowest BCUT2D eigenvalue weighted by atomic mass is 10.1. The monoisotopic (exact) mass is 356 g/mol. The number of aromatic nitrogens is 3. The Bertz CT molecular complexity index is 735. The Kier molecular flexibility index (Phi) is 4.79. The van der Waals surface area contributed by atoms with Crippen LogP contribution in [0.1, 0.15) is 55.2 Å². The van der Waals surface area contributed by atoms with Gasteiger partial charge >= 0.3 is 0 Å². The van der Waals surface area contributed by atoms with Crippen LogP contribution in [0.3, 0.4) is 0 Å². The zero-order valence-corrected chi connectivity index (χ0v) is 15.4. The van der Waals surface area contributed by atoms with Crippen molar-refractivity contribution in [1.82, 2.24) is 19.7 Å². The number of hydrogen-bond acceptors (Lipinski definition) is 4. The summed E-state index contributed by atoms with van der Waals surface area (Å²) in [6, 6.07) is 10.1. The van der Waals surface area contributed by atoms with Crippen molar-refractivity contribution in [3.05, 3.63) is 41.7 Å². The van der Waals surface area contributed by atoms with Crippen LogP contribution < -0.4 is 0 Å². The maximum absolute atomic E-state index is 13.2. The van der Waals surface area contributed by atoms with E-state index < -0.39 is 0 Å². The van der Waals surface area contributed by atoms with Gasteiger partial charge in [-0.2, -0.15) is 0 Å². The quantitative estimate of drug-likeness (QED) is 0.742. The summed E-state index contributed by atoms with van der Waals surface area (Å²) in [5, 5.41) is 9.46. The van der Waals surface area contributed by atoms with Gasteiger partial charge < -0.3 is 9.47 Å². The van der Waals surface area contributed by atoms with E-state index in [9.17, 15) is 4.79 Å². The smallest absolute Gasteiger partial charge is 0.240 e. The summed E-state index contributed by atoms with van der Waals surface area (Å²) in [7, 11) is 0. The highest BCUT2D eigenvalue weighted by molar-refractivity contribution is 8.00. The predicted octanol–water partition coefficient (Wildman–Crippen LogP) is 3.63. The second-order valence-electron chi connectivity index (χ2n) is 6.80. The Balaban J connectivity index is 1.63. The number of carbonyl (C=O) groups excluding carboxylic acids is 1. The minimum atomic E-state index is -0.249. The lowest BCUT2D eigenvalue weighted by Gasteiger charge is -2.23. The molecule has 4 rings (SSSR count). The molecule has 2 heterocycles. The number of benzene rings is 1. The Labute approximate surface area is 152 Å². The molecule has 0 N–H and O–H groups in total. The molecule has 1 amide bonds. The highest BCUT2D eigenvalue weighted by atomic mass is 32.2. The van der Waals surface area contributed by atoms with Gasteiger partial charge in [-0.15, -0.1) is 10.2 Å². The number of nitrogens with zero attached hydrogens (tertiary/aromatic N) is 4. The van der Waals surface area contributed by atoms with Crippen LogP contribution in [-0.4, -0.2) is 38.7 Å². The molecule has 0 spiro atoms. The molecule has 2 aliphatic rings. The number of carbonyl (C=O) groups is 1. The molecule has 132 valence electrons. The summed E-state index contributed by atoms with van der Waals surface area (Å²) in [5.74, 6) is 1.85. The first-order chi connectivity index (χ1) is 12.3. The van der Waals surface area contributed by atoms with Crippen molar-refractivity contribution in [1.29, 1.82) is 0 Å². The summed E-state index contributed by atoms with van der Waals surface area (Å²) >= 11 is 1.55. The molecule has 2 fully saturated rings. The van der Waals surface area contributed by atoms with Crippen molar-refractivity contribution < 1.29 is 4.79 Å². The fourth-order valence-electron chi connectivity index (χ4n) is 3.43. The van der Waals surface area contributed by atoms with E-state index in [4.69, 9.17) is 0 Å². The third-order valence-corrected chi connectivity index (χ3v) is 6.19. The maximum Gasteiger partial charge on any atom is 0.240 e. The third-order valence-electron chi connectivity index (χ3n) is 4.97. The normalized spacial score (nSPS) is 18.5. The molecular weight excluding hydrogens is 332 g/mol. The van der Waals surface area contributed by atoms with Crippen LogP contribution in [0, 0.1) is 0 Å². The summed E-state index contributed by atoms with van der Waals surface area (Å²) in [4.78, 5) is 15.1. The fourth-order valence-corrected chi connectivity index (χ4v) is 4.62. The molecule has 1 unspecified atom stereocenters. The van der Waals surface area contributed by atoms with Crippen LogP contribution in [-0.2, 0) is 11.3 Å². The van der Waals surface area contributed by atoms with E-state index >= 15 is 0 Å². The van der Waals surface area contributed by atoms with E-state index in [1.165, 1.54) is 12.8 Å². The molecule has 1 aromatic carbocycles. The first kappa shape index (κ1) is 16.6. The number of thioether (sulfide) groups is 1. The van der Waals surface area contributed by atoms with Crippen LogP contribution in [0.15, 0.2) is 35.5 Å². The van der Waals surface area contributed by atoms with E-state index in [1.54, 1.807) is 11.8 Å². The van der Waals surface area contributed by atoms with Gasteiger partial charge in [-0.1, -0.05) is 42.1 Å². The second-order valence-corrected chi connectivity index (χ2v) is 7.87. The van der Waals surface area contributed by atoms with Crippen molar-refractivity contribution in [2.75, 3.05) is 13.1 Å². The van der Waals surface area contributed by atoms with Gasteiger partial charge in [0.25, 0.3) is 0 Å². The molecule has 1 saturated carbocycles. The summed E-state index contributed by atoms with van der Waals surface area (Å²) in [6.45, 7) is 4.72. The molecule has 6 heteroatoms. The summed E-state index contributed by atoms with van der Waals surface area (Å²) in [5.41, 5.74) is 1.04. The van der Waals surface area contributed by atoms with Crippen LogP contribution in [0.25, 0.3) is 0 Å². The molecule has 1 aliphatic heterocycles. The molecule has 1 aromatic heterocycles. The zero-order valence-electron chi connectivity index (χ0n) is 14.6. The van der Waals surface area contributed by atoms with Gasteiger partial charge in [0.1, 0.15) is 11.1 Å². The van der Waals surface area contributed by atoms with E-state index in [0.717, 1.165) is 49.0 Å². The maximum atomic E-state index is 13.2. The Hall–Kier alpha value is -1.82. The van der Waals surface area contributed by atoms with Gasteiger partial charge in [0.05, 0.1) is 0 Å². The average Bonchev–Trinajstić information content (AvgIpc) is 3.19. The lowest BCUT2D eigenvalue weighted by molar-refractivity contribution is -0.129. The van der Waals surface area contributed by atoms with Crippen LogP contribution in [0.5, 0.6) is 0 Å². The molecular formula is C19H24N4OS. The van der Waals surface area contributed by atoms with Crippen LogP contribution in [0.2, 0.25) is 0 Å². The molecule has 1 aliphatic carbocycles. The predicted molar refractivity (Wildman–Crippen MR) is 98.5 cm³/mol. The zero-order chi connectivity index (χ0) is 17.2. The Morgan fingerprint density at radius 1 is 1.20 bits per heavy atom. The SMILES string of the molecule is CCn1c(SC(C(=O)N2CCCC2)c2ccccc2)nnc1C1CC1.